The minimum absolute atomic E-state index is 0.350. The summed E-state index contributed by atoms with van der Waals surface area (Å²) in [6.07, 6.45) is -4.47. The summed E-state index contributed by atoms with van der Waals surface area (Å²) >= 11 is 0. The molecule has 1 aromatic heterocycles. The van der Waals surface area contributed by atoms with Gasteiger partial charge in [0, 0.05) is 12.3 Å². The summed E-state index contributed by atoms with van der Waals surface area (Å²) in [5.41, 5.74) is -2.97. The second-order valence-corrected chi connectivity index (χ2v) is 2.22. The van der Waals surface area contributed by atoms with Crippen LogP contribution in [0.15, 0.2) is 17.1 Å². The van der Waals surface area contributed by atoms with Gasteiger partial charge in [-0.15, -0.1) is 0 Å². The van der Waals surface area contributed by atoms with Crippen LogP contribution in [0.25, 0.3) is 0 Å². The van der Waals surface area contributed by atoms with Gasteiger partial charge in [-0.25, -0.2) is 0 Å². The van der Waals surface area contributed by atoms with Crippen molar-refractivity contribution in [2.45, 2.75) is 6.18 Å². The van der Waals surface area contributed by atoms with Gasteiger partial charge in [-0.3, -0.25) is 4.79 Å². The van der Waals surface area contributed by atoms with E-state index in [0.29, 0.717) is 12.3 Å². The maximum absolute atomic E-state index is 12.0. The molecule has 1 heterocycles. The predicted molar refractivity (Wildman–Crippen MR) is 34.6 cm³/mol. The van der Waals surface area contributed by atoms with Crippen molar-refractivity contribution in [1.82, 2.24) is 4.73 Å². The fourth-order valence-electron chi connectivity index (χ4n) is 0.781. The van der Waals surface area contributed by atoms with E-state index in [-0.39, 0.29) is 4.73 Å². The number of nitrogens with zero attached hydrogens (tertiary/aromatic N) is 1. The average molecular weight is 195 g/mol. The van der Waals surface area contributed by atoms with Crippen molar-refractivity contribution in [2.75, 3.05) is 0 Å². The van der Waals surface area contributed by atoms with Crippen molar-refractivity contribution in [3.8, 4) is 5.75 Å². The molecule has 0 amide bonds. The molecule has 7 heteroatoms. The van der Waals surface area contributed by atoms with Crippen LogP contribution in [0.3, 0.4) is 0 Å². The third-order valence-electron chi connectivity index (χ3n) is 1.32. The highest BCUT2D eigenvalue weighted by molar-refractivity contribution is 5.28. The van der Waals surface area contributed by atoms with Crippen LogP contribution in [0, 0.1) is 0 Å². The molecule has 0 unspecified atom stereocenters. The number of hydrogen-bond acceptors (Lipinski definition) is 3. The number of aromatic hydroxyl groups is 1. The molecule has 0 spiro atoms. The van der Waals surface area contributed by atoms with Crippen LogP contribution in [-0.4, -0.2) is 15.0 Å². The Kier molecular flexibility index (Phi) is 1.94. The zero-order valence-electron chi connectivity index (χ0n) is 6.04. The van der Waals surface area contributed by atoms with Gasteiger partial charge < -0.3 is 10.3 Å². The third kappa shape index (κ3) is 1.58. The molecule has 0 aromatic carbocycles. The summed E-state index contributed by atoms with van der Waals surface area (Å²) in [7, 11) is 0. The first-order chi connectivity index (χ1) is 5.84. The van der Waals surface area contributed by atoms with E-state index < -0.39 is 23.0 Å². The molecule has 0 aliphatic carbocycles. The lowest BCUT2D eigenvalue weighted by Crippen LogP contribution is -2.19. The molecule has 0 aliphatic heterocycles. The normalized spacial score (nSPS) is 11.6. The van der Waals surface area contributed by atoms with Crippen molar-refractivity contribution in [3.63, 3.8) is 0 Å². The summed E-state index contributed by atoms with van der Waals surface area (Å²) in [5.74, 6) is -1.52. The van der Waals surface area contributed by atoms with Gasteiger partial charge in [0.2, 0.25) is 11.1 Å². The number of halogens is 3. The molecule has 0 atom stereocenters. The van der Waals surface area contributed by atoms with Crippen molar-refractivity contribution >= 4 is 0 Å². The van der Waals surface area contributed by atoms with Gasteiger partial charge in [-0.1, -0.05) is 0 Å². The first kappa shape index (κ1) is 9.43. The van der Waals surface area contributed by atoms with Crippen molar-refractivity contribution in [2.24, 2.45) is 0 Å². The monoisotopic (exact) mass is 195 g/mol. The van der Waals surface area contributed by atoms with Crippen LogP contribution in [0.1, 0.15) is 5.69 Å². The van der Waals surface area contributed by atoms with E-state index in [0.717, 1.165) is 0 Å². The summed E-state index contributed by atoms with van der Waals surface area (Å²) in [5, 5.41) is 17.3. The lowest BCUT2D eigenvalue weighted by Gasteiger charge is -2.10. The van der Waals surface area contributed by atoms with E-state index in [1.165, 1.54) is 0 Å². The van der Waals surface area contributed by atoms with Crippen LogP contribution < -0.4 is 5.43 Å². The Balaban J connectivity index is 3.52. The first-order valence-electron chi connectivity index (χ1n) is 3.05. The van der Waals surface area contributed by atoms with E-state index in [4.69, 9.17) is 10.3 Å². The molecule has 0 aliphatic rings. The Morgan fingerprint density at radius 3 is 2.31 bits per heavy atom. The van der Waals surface area contributed by atoms with Crippen LogP contribution in [-0.2, 0) is 6.18 Å². The molecule has 0 fully saturated rings. The quantitative estimate of drug-likeness (QED) is 0.602. The van der Waals surface area contributed by atoms with Gasteiger partial charge in [0.1, 0.15) is 0 Å². The van der Waals surface area contributed by atoms with Crippen LogP contribution in [0.2, 0.25) is 0 Å². The van der Waals surface area contributed by atoms with Crippen molar-refractivity contribution in [3.05, 3.63) is 28.2 Å². The fourth-order valence-corrected chi connectivity index (χ4v) is 0.781. The van der Waals surface area contributed by atoms with Crippen LogP contribution in [0.5, 0.6) is 5.75 Å². The van der Waals surface area contributed by atoms with E-state index in [1.54, 1.807) is 0 Å². The zero-order valence-corrected chi connectivity index (χ0v) is 6.04. The molecule has 0 saturated carbocycles. The molecule has 0 radical (unpaired) electrons. The standard InChI is InChI=1S/C6H4F3NO3/c7-6(8,9)5-4(12)3(11)1-2-10(5)13/h1-2,12-13H. The molecule has 2 N–H and O–H groups in total. The first-order valence-corrected chi connectivity index (χ1v) is 3.05. The lowest BCUT2D eigenvalue weighted by molar-refractivity contribution is -0.152. The minimum atomic E-state index is -4.97. The maximum Gasteiger partial charge on any atom is 0.438 e. The smallest absolute Gasteiger partial charge is 0.438 e. The largest absolute Gasteiger partial charge is 0.503 e. The highest BCUT2D eigenvalue weighted by Gasteiger charge is 2.38. The minimum Gasteiger partial charge on any atom is -0.503 e. The Labute approximate surface area is 69.4 Å². The molecule has 13 heavy (non-hydrogen) atoms. The van der Waals surface area contributed by atoms with E-state index >= 15 is 0 Å². The number of hydrogen-bond donors (Lipinski definition) is 2. The molecular weight excluding hydrogens is 191 g/mol. The van der Waals surface area contributed by atoms with Crippen LogP contribution >= 0.6 is 0 Å². The Morgan fingerprint density at radius 1 is 1.38 bits per heavy atom. The van der Waals surface area contributed by atoms with Gasteiger partial charge in [0.15, 0.2) is 5.75 Å². The lowest BCUT2D eigenvalue weighted by atomic mass is 10.3. The van der Waals surface area contributed by atoms with E-state index in [1.807, 2.05) is 0 Å². The summed E-state index contributed by atoms with van der Waals surface area (Å²) in [4.78, 5) is 10.6. The molecule has 1 rings (SSSR count). The average Bonchev–Trinajstić information content (AvgIpc) is 1.95. The zero-order chi connectivity index (χ0) is 10.2. The highest BCUT2D eigenvalue weighted by Crippen LogP contribution is 2.32. The number of alkyl halides is 3. The number of rotatable bonds is 0. The van der Waals surface area contributed by atoms with Crippen molar-refractivity contribution < 1.29 is 23.5 Å². The Hall–Kier alpha value is -1.66. The number of pyridine rings is 1. The Morgan fingerprint density at radius 2 is 1.92 bits per heavy atom. The molecular formula is C6H4F3NO3. The van der Waals surface area contributed by atoms with E-state index in [9.17, 15) is 18.0 Å². The van der Waals surface area contributed by atoms with Crippen LogP contribution in [0.4, 0.5) is 13.2 Å². The molecule has 4 nitrogen and oxygen atoms in total. The van der Waals surface area contributed by atoms with Gasteiger partial charge in [0.25, 0.3) is 0 Å². The number of aromatic nitrogens is 1. The summed E-state index contributed by atoms with van der Waals surface area (Å²) in [6.45, 7) is 0. The molecule has 0 saturated heterocycles. The second-order valence-electron chi connectivity index (χ2n) is 2.22. The summed E-state index contributed by atoms with van der Waals surface area (Å²) < 4.78 is 35.7. The molecule has 1 aromatic rings. The van der Waals surface area contributed by atoms with Gasteiger partial charge in [0.05, 0.1) is 0 Å². The molecule has 0 bridgehead atoms. The van der Waals surface area contributed by atoms with Gasteiger partial charge in [-0.05, 0) is 0 Å². The highest BCUT2D eigenvalue weighted by atomic mass is 19.4. The predicted octanol–water partition coefficient (Wildman–Crippen LogP) is 0.810. The fraction of sp³-hybridized carbons (Fsp3) is 0.167. The van der Waals surface area contributed by atoms with Gasteiger partial charge in [-0.2, -0.15) is 17.9 Å². The maximum atomic E-state index is 12.0. The SMILES string of the molecule is O=c1ccn(O)c(C(F)(F)F)c1O. The van der Waals surface area contributed by atoms with E-state index in [2.05, 4.69) is 0 Å². The topological polar surface area (TPSA) is 62.5 Å². The van der Waals surface area contributed by atoms with Crippen molar-refractivity contribution in [1.29, 1.82) is 0 Å². The second kappa shape index (κ2) is 2.68. The van der Waals surface area contributed by atoms with Gasteiger partial charge >= 0.3 is 6.18 Å². The molecule has 72 valence electrons. The summed E-state index contributed by atoms with van der Waals surface area (Å²) in [6, 6.07) is 0.616. The third-order valence-corrected chi connectivity index (χ3v) is 1.32. The Bertz CT molecular complexity index is 382.